The molecule has 0 saturated carbocycles. The molecule has 1 aromatic rings. The molecule has 2 unspecified atom stereocenters. The van der Waals surface area contributed by atoms with E-state index in [0.29, 0.717) is 36.7 Å². The van der Waals surface area contributed by atoms with Crippen molar-refractivity contribution in [3.63, 3.8) is 0 Å². The van der Waals surface area contributed by atoms with Crippen LogP contribution in [0.15, 0.2) is 18.2 Å². The Morgan fingerprint density at radius 3 is 2.64 bits per heavy atom. The maximum Gasteiger partial charge on any atom is 0.254 e. The molecule has 3 rings (SSSR count). The summed E-state index contributed by atoms with van der Waals surface area (Å²) >= 11 is 0. The average molecular weight is 365 g/mol. The van der Waals surface area contributed by atoms with E-state index in [0.717, 1.165) is 24.9 Å². The van der Waals surface area contributed by atoms with Gasteiger partial charge in [0.2, 0.25) is 10.0 Å². The molecule has 2 atom stereocenters. The van der Waals surface area contributed by atoms with E-state index in [4.69, 9.17) is 5.73 Å². The van der Waals surface area contributed by atoms with Crippen molar-refractivity contribution in [2.75, 3.05) is 29.7 Å². The number of carbonyl (C=O) groups excluding carboxylic acids is 1. The molecule has 0 radical (unpaired) electrons. The van der Waals surface area contributed by atoms with Crippen molar-refractivity contribution in [3.8, 4) is 0 Å². The molecule has 0 aromatic heterocycles. The number of likely N-dealkylation sites (tertiary alicyclic amines) is 1. The second kappa shape index (κ2) is 6.96. The fourth-order valence-electron chi connectivity index (χ4n) is 3.77. The molecule has 138 valence electrons. The third kappa shape index (κ3) is 3.67. The van der Waals surface area contributed by atoms with Gasteiger partial charge in [-0.3, -0.25) is 9.10 Å². The Balaban J connectivity index is 1.80. The molecule has 2 aliphatic heterocycles. The SMILES string of the molecule is Cc1cc(N2CCCS2(=O)=O)ccc1C(=O)N1CCCC(C(C)N)C1. The van der Waals surface area contributed by atoms with E-state index in [9.17, 15) is 13.2 Å². The third-order valence-electron chi connectivity index (χ3n) is 5.32. The zero-order chi connectivity index (χ0) is 18.2. The van der Waals surface area contributed by atoms with Crippen LogP contribution >= 0.6 is 0 Å². The summed E-state index contributed by atoms with van der Waals surface area (Å²) in [7, 11) is -3.20. The predicted molar refractivity (Wildman–Crippen MR) is 99.2 cm³/mol. The molecule has 0 spiro atoms. The molecule has 1 aromatic carbocycles. The second-order valence-corrected chi connectivity index (χ2v) is 9.27. The van der Waals surface area contributed by atoms with Crippen LogP contribution in [0.3, 0.4) is 0 Å². The van der Waals surface area contributed by atoms with Gasteiger partial charge in [0.1, 0.15) is 0 Å². The minimum atomic E-state index is -3.20. The van der Waals surface area contributed by atoms with Gasteiger partial charge in [-0.15, -0.1) is 0 Å². The molecular weight excluding hydrogens is 338 g/mol. The maximum atomic E-state index is 12.9. The fourth-order valence-corrected chi connectivity index (χ4v) is 5.32. The van der Waals surface area contributed by atoms with Crippen molar-refractivity contribution in [1.29, 1.82) is 0 Å². The summed E-state index contributed by atoms with van der Waals surface area (Å²) in [6.45, 7) is 5.82. The number of rotatable bonds is 3. The highest BCUT2D eigenvalue weighted by Gasteiger charge is 2.30. The number of nitrogens with zero attached hydrogens (tertiary/aromatic N) is 2. The van der Waals surface area contributed by atoms with Crippen molar-refractivity contribution in [2.24, 2.45) is 11.7 Å². The predicted octanol–water partition coefficient (Wildman–Crippen LogP) is 1.73. The lowest BCUT2D eigenvalue weighted by atomic mass is 9.91. The normalized spacial score (nSPS) is 24.4. The van der Waals surface area contributed by atoms with Crippen molar-refractivity contribution in [3.05, 3.63) is 29.3 Å². The van der Waals surface area contributed by atoms with Crippen LogP contribution in [0.5, 0.6) is 0 Å². The van der Waals surface area contributed by atoms with Crippen LogP contribution in [0.1, 0.15) is 42.1 Å². The summed E-state index contributed by atoms with van der Waals surface area (Å²) < 4.78 is 25.6. The smallest absolute Gasteiger partial charge is 0.254 e. The van der Waals surface area contributed by atoms with Gasteiger partial charge in [0.15, 0.2) is 0 Å². The van der Waals surface area contributed by atoms with Crippen LogP contribution in [-0.4, -0.2) is 50.7 Å². The zero-order valence-corrected chi connectivity index (χ0v) is 15.8. The zero-order valence-electron chi connectivity index (χ0n) is 14.9. The van der Waals surface area contributed by atoms with Gasteiger partial charge < -0.3 is 10.6 Å². The van der Waals surface area contributed by atoms with Crippen molar-refractivity contribution >= 4 is 21.6 Å². The van der Waals surface area contributed by atoms with Gasteiger partial charge in [-0.2, -0.15) is 0 Å². The lowest BCUT2D eigenvalue weighted by Gasteiger charge is -2.35. The molecule has 6 nitrogen and oxygen atoms in total. The van der Waals surface area contributed by atoms with E-state index in [1.54, 1.807) is 12.1 Å². The Hall–Kier alpha value is -1.60. The van der Waals surface area contributed by atoms with Crippen LogP contribution in [0.2, 0.25) is 0 Å². The number of aryl methyl sites for hydroxylation is 1. The van der Waals surface area contributed by atoms with Gasteiger partial charge in [0, 0.05) is 31.2 Å². The molecule has 0 aliphatic carbocycles. The number of hydrogen-bond donors (Lipinski definition) is 1. The number of carbonyl (C=O) groups is 1. The number of anilines is 1. The molecule has 25 heavy (non-hydrogen) atoms. The maximum absolute atomic E-state index is 12.9. The number of hydrogen-bond acceptors (Lipinski definition) is 4. The van der Waals surface area contributed by atoms with Gasteiger partial charge in [-0.1, -0.05) is 0 Å². The summed E-state index contributed by atoms with van der Waals surface area (Å²) in [4.78, 5) is 14.8. The summed E-state index contributed by atoms with van der Waals surface area (Å²) in [6, 6.07) is 5.40. The minimum Gasteiger partial charge on any atom is -0.338 e. The van der Waals surface area contributed by atoms with Crippen LogP contribution < -0.4 is 10.0 Å². The molecule has 2 aliphatic rings. The van der Waals surface area contributed by atoms with E-state index >= 15 is 0 Å². The first-order valence-electron chi connectivity index (χ1n) is 8.95. The van der Waals surface area contributed by atoms with Crippen molar-refractivity contribution in [2.45, 2.75) is 39.2 Å². The second-order valence-electron chi connectivity index (χ2n) is 7.25. The lowest BCUT2D eigenvalue weighted by molar-refractivity contribution is 0.0660. The number of benzene rings is 1. The molecule has 2 fully saturated rings. The van der Waals surface area contributed by atoms with E-state index in [2.05, 4.69) is 0 Å². The average Bonchev–Trinajstić information content (AvgIpc) is 2.93. The van der Waals surface area contributed by atoms with E-state index in [-0.39, 0.29) is 17.7 Å². The minimum absolute atomic E-state index is 0.0127. The van der Waals surface area contributed by atoms with Crippen molar-refractivity contribution < 1.29 is 13.2 Å². The number of piperidine rings is 1. The van der Waals surface area contributed by atoms with Gasteiger partial charge in [-0.25, -0.2) is 8.42 Å². The largest absolute Gasteiger partial charge is 0.338 e. The summed E-state index contributed by atoms with van der Waals surface area (Å²) in [5, 5.41) is 0. The molecule has 1 amide bonds. The molecule has 7 heteroatoms. The number of amides is 1. The molecular formula is C18H27N3O3S. The highest BCUT2D eigenvalue weighted by molar-refractivity contribution is 7.93. The van der Waals surface area contributed by atoms with Gasteiger partial charge in [-0.05, 0) is 62.8 Å². The monoisotopic (exact) mass is 365 g/mol. The highest BCUT2D eigenvalue weighted by Crippen LogP contribution is 2.27. The first-order chi connectivity index (χ1) is 11.8. The van der Waals surface area contributed by atoms with Gasteiger partial charge in [0.05, 0.1) is 11.4 Å². The van der Waals surface area contributed by atoms with Crippen molar-refractivity contribution in [1.82, 2.24) is 4.90 Å². The first-order valence-corrected chi connectivity index (χ1v) is 10.6. The Kier molecular flexibility index (Phi) is 5.06. The number of nitrogens with two attached hydrogens (primary N) is 1. The Labute approximate surface area is 150 Å². The third-order valence-corrected chi connectivity index (χ3v) is 7.19. The van der Waals surface area contributed by atoms with Gasteiger partial charge >= 0.3 is 0 Å². The molecule has 2 N–H and O–H groups in total. The first kappa shape index (κ1) is 18.2. The van der Waals surface area contributed by atoms with E-state index in [1.807, 2.05) is 24.8 Å². The summed E-state index contributed by atoms with van der Waals surface area (Å²) in [5.41, 5.74) is 8.12. The van der Waals surface area contributed by atoms with E-state index in [1.165, 1.54) is 4.31 Å². The number of sulfonamides is 1. The van der Waals surface area contributed by atoms with Crippen LogP contribution in [0.4, 0.5) is 5.69 Å². The Morgan fingerprint density at radius 2 is 2.04 bits per heavy atom. The van der Waals surface area contributed by atoms with E-state index < -0.39 is 10.0 Å². The van der Waals surface area contributed by atoms with Crippen LogP contribution in [0.25, 0.3) is 0 Å². The Bertz CT molecular complexity index is 761. The summed E-state index contributed by atoms with van der Waals surface area (Å²) in [5.74, 6) is 0.546. The van der Waals surface area contributed by atoms with Crippen LogP contribution in [0, 0.1) is 12.8 Å². The van der Waals surface area contributed by atoms with Gasteiger partial charge in [0.25, 0.3) is 5.91 Å². The molecule has 2 saturated heterocycles. The summed E-state index contributed by atoms with van der Waals surface area (Å²) in [6.07, 6.45) is 2.68. The Morgan fingerprint density at radius 1 is 1.28 bits per heavy atom. The highest BCUT2D eigenvalue weighted by atomic mass is 32.2. The molecule has 2 heterocycles. The quantitative estimate of drug-likeness (QED) is 0.884. The topological polar surface area (TPSA) is 83.7 Å². The molecule has 0 bridgehead atoms. The van der Waals surface area contributed by atoms with Crippen LogP contribution in [-0.2, 0) is 10.0 Å². The fraction of sp³-hybridized carbons (Fsp3) is 0.611. The lowest BCUT2D eigenvalue weighted by Crippen LogP contribution is -2.45. The standard InChI is InChI=1S/C18H27N3O3S/c1-13-11-16(21-9-4-10-25(21,23)24)6-7-17(13)18(22)20-8-3-5-15(12-20)14(2)19/h6-7,11,14-15H,3-5,8-10,12,19H2,1-2H3.